The van der Waals surface area contributed by atoms with Crippen LogP contribution in [0, 0.1) is 36.5 Å². The van der Waals surface area contributed by atoms with Crippen LogP contribution in [0.2, 0.25) is 0 Å². The van der Waals surface area contributed by atoms with E-state index in [1.807, 2.05) is 88.4 Å². The van der Waals surface area contributed by atoms with Gasteiger partial charge in [-0.3, -0.25) is 0 Å². The van der Waals surface area contributed by atoms with E-state index < -0.39 is 0 Å². The zero-order valence-electron chi connectivity index (χ0n) is 16.5. The molecule has 0 aliphatic carbocycles. The molecule has 0 bridgehead atoms. The van der Waals surface area contributed by atoms with Crippen LogP contribution < -0.4 is 9.47 Å². The first-order chi connectivity index (χ1) is 13.6. The lowest BCUT2D eigenvalue weighted by Gasteiger charge is -2.14. The predicted molar refractivity (Wildman–Crippen MR) is 110 cm³/mol. The summed E-state index contributed by atoms with van der Waals surface area (Å²) in [6.07, 6.45) is 0. The van der Waals surface area contributed by atoms with Gasteiger partial charge in [-0.2, -0.15) is 10.5 Å². The van der Waals surface area contributed by atoms with E-state index in [0.29, 0.717) is 23.0 Å². The van der Waals surface area contributed by atoms with Crippen LogP contribution in [0.5, 0.6) is 23.0 Å². The van der Waals surface area contributed by atoms with Gasteiger partial charge in [0.05, 0.1) is 11.1 Å². The number of aryl methyl sites for hydroxylation is 2. The van der Waals surface area contributed by atoms with Gasteiger partial charge < -0.3 is 9.47 Å². The molecule has 3 rings (SSSR count). The van der Waals surface area contributed by atoms with E-state index in [1.165, 1.54) is 12.1 Å². The van der Waals surface area contributed by atoms with Crippen molar-refractivity contribution in [3.8, 4) is 35.1 Å². The van der Waals surface area contributed by atoms with Crippen LogP contribution in [0.4, 0.5) is 0 Å². The Hall–Kier alpha value is -3.76. The molecule has 0 fully saturated rings. The maximum Gasteiger partial charge on any atom is 0.171 e. The number of hydrogen-bond acceptors (Lipinski definition) is 4. The molecule has 3 aromatic carbocycles. The summed E-state index contributed by atoms with van der Waals surface area (Å²) in [7, 11) is 0. The number of rotatable bonds is 4. The van der Waals surface area contributed by atoms with Crippen LogP contribution in [0.3, 0.4) is 0 Å². The minimum atomic E-state index is 0.242. The van der Waals surface area contributed by atoms with E-state index >= 15 is 0 Å². The molecule has 0 aliphatic rings. The van der Waals surface area contributed by atoms with E-state index in [4.69, 9.17) is 9.47 Å². The molecule has 0 saturated heterocycles. The first-order valence-electron chi connectivity index (χ1n) is 9.06. The molecule has 0 saturated carbocycles. The van der Waals surface area contributed by atoms with E-state index in [9.17, 15) is 10.5 Å². The number of benzene rings is 3. The Bertz CT molecular complexity index is 924. The van der Waals surface area contributed by atoms with Crippen molar-refractivity contribution in [2.24, 2.45) is 0 Å². The molecule has 0 spiro atoms. The number of ether oxygens (including phenoxy) is 2. The van der Waals surface area contributed by atoms with Crippen molar-refractivity contribution in [1.82, 2.24) is 0 Å². The van der Waals surface area contributed by atoms with Crippen molar-refractivity contribution < 1.29 is 9.47 Å². The molecule has 0 N–H and O–H groups in total. The highest BCUT2D eigenvalue weighted by atomic mass is 16.5. The Morgan fingerprint density at radius 3 is 1.21 bits per heavy atom. The molecule has 0 aromatic heterocycles. The topological polar surface area (TPSA) is 66.0 Å². The summed E-state index contributed by atoms with van der Waals surface area (Å²) in [6.45, 7) is 7.98. The van der Waals surface area contributed by atoms with Gasteiger partial charge in [-0.05, 0) is 38.1 Å². The van der Waals surface area contributed by atoms with E-state index in [2.05, 4.69) is 0 Å². The summed E-state index contributed by atoms with van der Waals surface area (Å²) in [4.78, 5) is 0. The highest BCUT2D eigenvalue weighted by molar-refractivity contribution is 5.57. The molecule has 3 aromatic rings. The average molecular weight is 370 g/mol. The van der Waals surface area contributed by atoms with Gasteiger partial charge in [0.25, 0.3) is 0 Å². The quantitative estimate of drug-likeness (QED) is 0.515. The van der Waals surface area contributed by atoms with E-state index in [0.717, 1.165) is 11.1 Å². The SMILES string of the molecule is CC.Cc1ccc(Oc2cc(C#N)c(C#N)cc2Oc2ccc(C)cc2)cc1. The van der Waals surface area contributed by atoms with Crippen molar-refractivity contribution in [2.45, 2.75) is 27.7 Å². The van der Waals surface area contributed by atoms with Crippen molar-refractivity contribution in [1.29, 1.82) is 10.5 Å². The summed E-state index contributed by atoms with van der Waals surface area (Å²) in [5.41, 5.74) is 2.72. The van der Waals surface area contributed by atoms with Crippen LogP contribution in [-0.4, -0.2) is 0 Å². The first kappa shape index (κ1) is 20.6. The fraction of sp³-hybridized carbons (Fsp3) is 0.167. The summed E-state index contributed by atoms with van der Waals surface area (Å²) >= 11 is 0. The molecule has 4 heteroatoms. The van der Waals surface area contributed by atoms with E-state index in [1.54, 1.807) is 0 Å². The summed E-state index contributed by atoms with van der Waals surface area (Å²) in [6, 6.07) is 22.2. The van der Waals surface area contributed by atoms with Crippen molar-refractivity contribution in [3.63, 3.8) is 0 Å². The van der Waals surface area contributed by atoms with Gasteiger partial charge in [-0.25, -0.2) is 0 Å². The molecule has 0 heterocycles. The highest BCUT2D eigenvalue weighted by Crippen LogP contribution is 2.37. The lowest BCUT2D eigenvalue weighted by molar-refractivity contribution is 0.418. The minimum Gasteiger partial charge on any atom is -0.453 e. The summed E-state index contributed by atoms with van der Waals surface area (Å²) in [5.74, 6) is 2.01. The first-order valence-corrected chi connectivity index (χ1v) is 9.06. The normalized spacial score (nSPS) is 9.36. The van der Waals surface area contributed by atoms with Crippen LogP contribution in [0.1, 0.15) is 36.1 Å². The van der Waals surface area contributed by atoms with Gasteiger partial charge in [-0.1, -0.05) is 49.2 Å². The fourth-order valence-electron chi connectivity index (χ4n) is 2.37. The molecule has 0 radical (unpaired) electrons. The van der Waals surface area contributed by atoms with Crippen LogP contribution in [0.25, 0.3) is 0 Å². The smallest absolute Gasteiger partial charge is 0.171 e. The highest BCUT2D eigenvalue weighted by Gasteiger charge is 2.14. The fourth-order valence-corrected chi connectivity index (χ4v) is 2.37. The maximum absolute atomic E-state index is 9.29. The Morgan fingerprint density at radius 1 is 0.607 bits per heavy atom. The molecule has 28 heavy (non-hydrogen) atoms. The Morgan fingerprint density at radius 2 is 0.929 bits per heavy atom. The number of nitriles is 2. The summed E-state index contributed by atoms with van der Waals surface area (Å²) in [5, 5.41) is 18.6. The Balaban J connectivity index is 0.00000136. The van der Waals surface area contributed by atoms with Crippen LogP contribution in [-0.2, 0) is 0 Å². The van der Waals surface area contributed by atoms with Crippen molar-refractivity contribution >= 4 is 0 Å². The van der Waals surface area contributed by atoms with Gasteiger partial charge >= 0.3 is 0 Å². The van der Waals surface area contributed by atoms with Gasteiger partial charge in [0, 0.05) is 12.1 Å². The molecule has 140 valence electrons. The van der Waals surface area contributed by atoms with E-state index in [-0.39, 0.29) is 11.1 Å². The lowest BCUT2D eigenvalue weighted by atomic mass is 10.1. The molecular formula is C24H22N2O2. The van der Waals surface area contributed by atoms with Crippen molar-refractivity contribution in [3.05, 3.63) is 82.9 Å². The Kier molecular flexibility index (Phi) is 7.20. The molecule has 4 nitrogen and oxygen atoms in total. The van der Waals surface area contributed by atoms with Crippen molar-refractivity contribution in [2.75, 3.05) is 0 Å². The van der Waals surface area contributed by atoms with Gasteiger partial charge in [-0.15, -0.1) is 0 Å². The monoisotopic (exact) mass is 370 g/mol. The standard InChI is InChI=1S/C22H16N2O2.C2H6/c1-15-3-7-19(8-4-15)25-21-11-17(13-23)18(14-24)12-22(21)26-20-9-5-16(2)6-10-20;1-2/h3-12H,1-2H3;1-2H3. The third kappa shape index (κ3) is 5.13. The third-order valence-corrected chi connectivity index (χ3v) is 3.82. The largest absolute Gasteiger partial charge is 0.453 e. The van der Waals surface area contributed by atoms with Crippen LogP contribution >= 0.6 is 0 Å². The number of hydrogen-bond donors (Lipinski definition) is 0. The Labute approximate surface area is 166 Å². The zero-order valence-corrected chi connectivity index (χ0v) is 16.5. The maximum atomic E-state index is 9.29. The van der Waals surface area contributed by atoms with Gasteiger partial charge in [0.15, 0.2) is 11.5 Å². The second kappa shape index (κ2) is 9.80. The molecule has 0 amide bonds. The summed E-state index contributed by atoms with van der Waals surface area (Å²) < 4.78 is 11.8. The third-order valence-electron chi connectivity index (χ3n) is 3.82. The van der Waals surface area contributed by atoms with Gasteiger partial charge in [0.2, 0.25) is 0 Å². The zero-order chi connectivity index (χ0) is 20.5. The predicted octanol–water partition coefficient (Wildman–Crippen LogP) is 6.66. The average Bonchev–Trinajstić information content (AvgIpc) is 2.73. The number of nitrogens with zero attached hydrogens (tertiary/aromatic N) is 2. The minimum absolute atomic E-state index is 0.242. The van der Waals surface area contributed by atoms with Crippen LogP contribution in [0.15, 0.2) is 60.7 Å². The second-order valence-electron chi connectivity index (χ2n) is 5.90. The molecule has 0 aliphatic heterocycles. The molecular weight excluding hydrogens is 348 g/mol. The second-order valence-corrected chi connectivity index (χ2v) is 5.90. The molecule has 0 atom stereocenters. The van der Waals surface area contributed by atoms with Gasteiger partial charge in [0.1, 0.15) is 23.6 Å². The molecule has 0 unspecified atom stereocenters. The lowest BCUT2D eigenvalue weighted by Crippen LogP contribution is -1.94.